The van der Waals surface area contributed by atoms with Crippen LogP contribution in [0.3, 0.4) is 0 Å². The zero-order valence-corrected chi connectivity index (χ0v) is 11.7. The zero-order chi connectivity index (χ0) is 14.0. The fraction of sp³-hybridized carbons (Fsp3) is 0.750. The van der Waals surface area contributed by atoms with Crippen LogP contribution in [0, 0.1) is 5.41 Å². The van der Waals surface area contributed by atoms with Crippen molar-refractivity contribution in [2.45, 2.75) is 32.2 Å². The summed E-state index contributed by atoms with van der Waals surface area (Å²) in [5.41, 5.74) is -0.889. The molecule has 7 heteroatoms. The van der Waals surface area contributed by atoms with Crippen LogP contribution < -0.4 is 5.32 Å². The molecule has 2 atom stereocenters. The number of carboxylic acids is 1. The van der Waals surface area contributed by atoms with Crippen molar-refractivity contribution in [2.75, 3.05) is 18.2 Å². The van der Waals surface area contributed by atoms with E-state index in [9.17, 15) is 19.5 Å². The summed E-state index contributed by atoms with van der Waals surface area (Å²) in [5.74, 6) is -0.220. The summed E-state index contributed by atoms with van der Waals surface area (Å²) in [6, 6.07) is -0.345. The summed E-state index contributed by atoms with van der Waals surface area (Å²) in [5, 5.41) is 12.0. The predicted molar refractivity (Wildman–Crippen MR) is 70.6 cm³/mol. The standard InChI is InChI=1S/C12H18N2O4S/c1-12(11(17)18)4-2-3-8(12)13-9(15)5-14-7-19-6-10(14)16/h8H,2-7H2,1H3,(H,13,15)(H,17,18). The predicted octanol–water partition coefficient (Wildman–Crippen LogP) is 0.279. The minimum atomic E-state index is -0.889. The van der Waals surface area contributed by atoms with E-state index in [0.29, 0.717) is 24.5 Å². The molecule has 2 N–H and O–H groups in total. The second-order valence-corrected chi connectivity index (χ2v) is 6.26. The third-order valence-electron chi connectivity index (χ3n) is 3.94. The molecule has 0 aromatic rings. The first-order valence-corrected chi connectivity index (χ1v) is 7.47. The molecule has 0 aromatic heterocycles. The molecule has 2 amide bonds. The topological polar surface area (TPSA) is 86.7 Å². The number of nitrogens with zero attached hydrogens (tertiary/aromatic N) is 1. The maximum Gasteiger partial charge on any atom is 0.311 e. The summed E-state index contributed by atoms with van der Waals surface area (Å²) in [7, 11) is 0. The van der Waals surface area contributed by atoms with E-state index in [4.69, 9.17) is 0 Å². The van der Waals surface area contributed by atoms with E-state index in [0.717, 1.165) is 6.42 Å². The number of carbonyl (C=O) groups excluding carboxylic acids is 2. The lowest BCUT2D eigenvalue weighted by molar-refractivity contribution is -0.149. The minimum absolute atomic E-state index is 0.0258. The largest absolute Gasteiger partial charge is 0.481 e. The Morgan fingerprint density at radius 2 is 2.32 bits per heavy atom. The summed E-state index contributed by atoms with van der Waals surface area (Å²) in [4.78, 5) is 36.1. The molecule has 2 rings (SSSR count). The quantitative estimate of drug-likeness (QED) is 0.775. The van der Waals surface area contributed by atoms with Crippen LogP contribution in [0.1, 0.15) is 26.2 Å². The van der Waals surface area contributed by atoms with Gasteiger partial charge in [0, 0.05) is 6.04 Å². The second-order valence-electron chi connectivity index (χ2n) is 5.30. The third kappa shape index (κ3) is 2.86. The Kier molecular flexibility index (Phi) is 4.03. The fourth-order valence-corrected chi connectivity index (χ4v) is 3.51. The average molecular weight is 286 g/mol. The molecule has 1 aliphatic carbocycles. The van der Waals surface area contributed by atoms with Crippen molar-refractivity contribution >= 4 is 29.5 Å². The summed E-state index contributed by atoms with van der Waals surface area (Å²) in [6.07, 6.45) is 2.05. The van der Waals surface area contributed by atoms with Gasteiger partial charge in [-0.1, -0.05) is 6.42 Å². The summed E-state index contributed by atoms with van der Waals surface area (Å²) >= 11 is 1.48. The molecule has 2 unspecified atom stereocenters. The molecule has 1 aliphatic heterocycles. The smallest absolute Gasteiger partial charge is 0.311 e. The van der Waals surface area contributed by atoms with Crippen LogP contribution in [-0.4, -0.2) is 52.0 Å². The van der Waals surface area contributed by atoms with Crippen LogP contribution >= 0.6 is 11.8 Å². The van der Waals surface area contributed by atoms with Gasteiger partial charge < -0.3 is 15.3 Å². The number of thioether (sulfide) groups is 1. The third-order valence-corrected chi connectivity index (χ3v) is 4.89. The van der Waals surface area contributed by atoms with Gasteiger partial charge >= 0.3 is 5.97 Å². The Morgan fingerprint density at radius 1 is 1.58 bits per heavy atom. The van der Waals surface area contributed by atoms with Crippen molar-refractivity contribution in [3.05, 3.63) is 0 Å². The Balaban J connectivity index is 1.91. The minimum Gasteiger partial charge on any atom is -0.481 e. The van der Waals surface area contributed by atoms with Gasteiger partial charge in [-0.05, 0) is 19.8 Å². The number of amides is 2. The number of hydrogen-bond acceptors (Lipinski definition) is 4. The van der Waals surface area contributed by atoms with Crippen LogP contribution in [0.25, 0.3) is 0 Å². The lowest BCUT2D eigenvalue weighted by atomic mass is 9.85. The highest BCUT2D eigenvalue weighted by atomic mass is 32.2. The van der Waals surface area contributed by atoms with Crippen molar-refractivity contribution in [2.24, 2.45) is 5.41 Å². The molecule has 0 aromatic carbocycles. The van der Waals surface area contributed by atoms with Gasteiger partial charge in [0.25, 0.3) is 0 Å². The number of nitrogens with one attached hydrogen (secondary N) is 1. The van der Waals surface area contributed by atoms with Gasteiger partial charge in [-0.2, -0.15) is 0 Å². The molecular formula is C12H18N2O4S. The van der Waals surface area contributed by atoms with Crippen LogP contribution in [0.5, 0.6) is 0 Å². The van der Waals surface area contributed by atoms with Crippen LogP contribution in [0.2, 0.25) is 0 Å². The number of hydrogen-bond donors (Lipinski definition) is 2. The first kappa shape index (κ1) is 14.2. The number of carboxylic acid groups (broad SMARTS) is 1. The van der Waals surface area contributed by atoms with E-state index in [-0.39, 0.29) is 24.4 Å². The molecule has 6 nitrogen and oxygen atoms in total. The second kappa shape index (κ2) is 5.40. The Labute approximate surface area is 115 Å². The molecule has 2 aliphatic rings. The van der Waals surface area contributed by atoms with Gasteiger partial charge in [-0.3, -0.25) is 14.4 Å². The first-order valence-electron chi connectivity index (χ1n) is 6.32. The highest BCUT2D eigenvalue weighted by Crippen LogP contribution is 2.38. The number of carbonyl (C=O) groups is 3. The van der Waals surface area contributed by atoms with E-state index >= 15 is 0 Å². The molecule has 2 fully saturated rings. The highest BCUT2D eigenvalue weighted by Gasteiger charge is 2.46. The van der Waals surface area contributed by atoms with Gasteiger partial charge in [0.05, 0.1) is 17.0 Å². The molecule has 1 saturated heterocycles. The lowest BCUT2D eigenvalue weighted by Gasteiger charge is -2.28. The van der Waals surface area contributed by atoms with Crippen molar-refractivity contribution in [1.82, 2.24) is 10.2 Å². The van der Waals surface area contributed by atoms with E-state index < -0.39 is 11.4 Å². The van der Waals surface area contributed by atoms with Gasteiger partial charge in [0.1, 0.15) is 6.54 Å². The summed E-state index contributed by atoms with van der Waals surface area (Å²) in [6.45, 7) is 1.70. The van der Waals surface area contributed by atoms with Gasteiger partial charge in [0.2, 0.25) is 11.8 Å². The number of aliphatic carboxylic acids is 1. The van der Waals surface area contributed by atoms with E-state index in [1.54, 1.807) is 6.92 Å². The molecule has 1 saturated carbocycles. The van der Waals surface area contributed by atoms with Crippen molar-refractivity contribution in [1.29, 1.82) is 0 Å². The van der Waals surface area contributed by atoms with Crippen molar-refractivity contribution < 1.29 is 19.5 Å². The van der Waals surface area contributed by atoms with Crippen LogP contribution in [0.4, 0.5) is 0 Å². The molecule has 0 spiro atoms. The monoisotopic (exact) mass is 286 g/mol. The molecule has 106 valence electrons. The van der Waals surface area contributed by atoms with Gasteiger partial charge in [0.15, 0.2) is 0 Å². The molecule has 0 bridgehead atoms. The van der Waals surface area contributed by atoms with E-state index in [1.165, 1.54) is 16.7 Å². The Bertz CT molecular complexity index is 415. The van der Waals surface area contributed by atoms with Crippen LogP contribution in [-0.2, 0) is 14.4 Å². The zero-order valence-electron chi connectivity index (χ0n) is 10.8. The average Bonchev–Trinajstić information content (AvgIpc) is 2.88. The Hall–Kier alpha value is -1.24. The van der Waals surface area contributed by atoms with Crippen molar-refractivity contribution in [3.8, 4) is 0 Å². The lowest BCUT2D eigenvalue weighted by Crippen LogP contribution is -2.49. The maximum absolute atomic E-state index is 11.9. The van der Waals surface area contributed by atoms with Gasteiger partial charge in [-0.15, -0.1) is 11.8 Å². The van der Waals surface area contributed by atoms with E-state index in [1.807, 2.05) is 0 Å². The highest BCUT2D eigenvalue weighted by molar-refractivity contribution is 8.00. The molecule has 0 radical (unpaired) electrons. The van der Waals surface area contributed by atoms with Crippen LogP contribution in [0.15, 0.2) is 0 Å². The summed E-state index contributed by atoms with van der Waals surface area (Å²) < 4.78 is 0. The van der Waals surface area contributed by atoms with Gasteiger partial charge in [-0.25, -0.2) is 0 Å². The normalized spacial score (nSPS) is 30.7. The SMILES string of the molecule is CC1(C(=O)O)CCCC1NC(=O)CN1CSCC1=O. The molecule has 19 heavy (non-hydrogen) atoms. The first-order chi connectivity index (χ1) is 8.93. The van der Waals surface area contributed by atoms with Crippen molar-refractivity contribution in [3.63, 3.8) is 0 Å². The molecule has 1 heterocycles. The molecular weight excluding hydrogens is 268 g/mol. The van der Waals surface area contributed by atoms with E-state index in [2.05, 4.69) is 5.32 Å². The number of rotatable bonds is 4. The Morgan fingerprint density at radius 3 is 2.89 bits per heavy atom. The fourth-order valence-electron chi connectivity index (χ4n) is 2.61. The maximum atomic E-state index is 11.9.